The first-order valence-corrected chi connectivity index (χ1v) is 12.8. The van der Waals surface area contributed by atoms with Gasteiger partial charge in [0.15, 0.2) is 0 Å². The highest BCUT2D eigenvalue weighted by molar-refractivity contribution is 7.00. The van der Waals surface area contributed by atoms with E-state index in [9.17, 15) is 0 Å². The number of aryl methyl sites for hydroxylation is 3. The van der Waals surface area contributed by atoms with Crippen LogP contribution in [0.15, 0.2) is 103 Å². The molecule has 37 heavy (non-hydrogen) atoms. The number of anilines is 6. The fourth-order valence-corrected chi connectivity index (χ4v) is 6.08. The Kier molecular flexibility index (Phi) is 4.81. The van der Waals surface area contributed by atoms with E-state index in [4.69, 9.17) is 0 Å². The van der Waals surface area contributed by atoms with Gasteiger partial charge in [0.1, 0.15) is 5.82 Å². The lowest BCUT2D eigenvalue weighted by atomic mass is 9.33. The molecule has 2 aliphatic rings. The van der Waals surface area contributed by atoms with E-state index in [1.165, 1.54) is 27.6 Å². The molecule has 0 bridgehead atoms. The van der Waals surface area contributed by atoms with Crippen molar-refractivity contribution in [3.05, 3.63) is 126 Å². The van der Waals surface area contributed by atoms with Gasteiger partial charge in [-0.3, -0.25) is 0 Å². The Balaban J connectivity index is 1.61. The summed E-state index contributed by atoms with van der Waals surface area (Å²) in [4.78, 5) is 4.48. The molecule has 2 aliphatic heterocycles. The summed E-state index contributed by atoms with van der Waals surface area (Å²) >= 11 is 0. The molecule has 0 saturated carbocycles. The van der Waals surface area contributed by atoms with Crippen molar-refractivity contribution in [2.24, 2.45) is 0 Å². The SMILES string of the molecule is Cc1cccc(N2c3cc(C)ccc3B3c4ccc(C)cc4N(c4ccccc4)c4cc(F)cc2c43)c1. The van der Waals surface area contributed by atoms with Gasteiger partial charge in [-0.15, -0.1) is 0 Å². The van der Waals surface area contributed by atoms with Gasteiger partial charge in [0.25, 0.3) is 6.71 Å². The molecule has 7 rings (SSSR count). The fraction of sp³-hybridized carbons (Fsp3) is 0.0909. The van der Waals surface area contributed by atoms with Crippen LogP contribution in [0.3, 0.4) is 0 Å². The molecule has 0 saturated heterocycles. The van der Waals surface area contributed by atoms with E-state index in [-0.39, 0.29) is 12.5 Å². The van der Waals surface area contributed by atoms with Crippen molar-refractivity contribution in [2.45, 2.75) is 20.8 Å². The summed E-state index contributed by atoms with van der Waals surface area (Å²) < 4.78 is 15.6. The second kappa shape index (κ2) is 8.11. The van der Waals surface area contributed by atoms with Gasteiger partial charge in [0, 0.05) is 34.1 Å². The normalized spacial score (nSPS) is 13.2. The predicted molar refractivity (Wildman–Crippen MR) is 155 cm³/mol. The van der Waals surface area contributed by atoms with Gasteiger partial charge in [-0.25, -0.2) is 4.39 Å². The molecule has 0 aliphatic carbocycles. The molecule has 5 aromatic rings. The minimum Gasteiger partial charge on any atom is -0.311 e. The van der Waals surface area contributed by atoms with Gasteiger partial charge >= 0.3 is 0 Å². The number of hydrogen-bond acceptors (Lipinski definition) is 2. The number of fused-ring (bicyclic) bond motifs is 4. The van der Waals surface area contributed by atoms with Crippen molar-refractivity contribution < 1.29 is 4.39 Å². The molecule has 0 unspecified atom stereocenters. The van der Waals surface area contributed by atoms with Crippen LogP contribution in [0.2, 0.25) is 0 Å². The van der Waals surface area contributed by atoms with E-state index in [2.05, 4.69) is 103 Å². The van der Waals surface area contributed by atoms with E-state index >= 15 is 4.39 Å². The first-order valence-electron chi connectivity index (χ1n) is 12.8. The number of benzene rings is 5. The Morgan fingerprint density at radius 1 is 0.514 bits per heavy atom. The summed E-state index contributed by atoms with van der Waals surface area (Å²) in [6.45, 7) is 6.35. The maximum atomic E-state index is 15.6. The van der Waals surface area contributed by atoms with Crippen LogP contribution in [-0.4, -0.2) is 6.71 Å². The summed E-state index contributed by atoms with van der Waals surface area (Å²) in [6.07, 6.45) is 0. The van der Waals surface area contributed by atoms with Crippen molar-refractivity contribution >= 4 is 57.2 Å². The minimum atomic E-state index is -0.238. The zero-order valence-corrected chi connectivity index (χ0v) is 21.2. The largest absolute Gasteiger partial charge is 0.311 e. The molecule has 0 N–H and O–H groups in total. The lowest BCUT2D eigenvalue weighted by molar-refractivity contribution is 0.628. The van der Waals surface area contributed by atoms with E-state index in [0.29, 0.717) is 0 Å². The van der Waals surface area contributed by atoms with Gasteiger partial charge in [-0.2, -0.15) is 0 Å². The highest BCUT2D eigenvalue weighted by Gasteiger charge is 2.43. The van der Waals surface area contributed by atoms with Crippen molar-refractivity contribution in [3.63, 3.8) is 0 Å². The predicted octanol–water partition coefficient (Wildman–Crippen LogP) is 6.83. The third kappa shape index (κ3) is 3.32. The smallest absolute Gasteiger partial charge is 0.252 e. The zero-order chi connectivity index (χ0) is 25.3. The van der Waals surface area contributed by atoms with Crippen LogP contribution in [-0.2, 0) is 0 Å². The first kappa shape index (κ1) is 21.9. The Morgan fingerprint density at radius 3 is 1.65 bits per heavy atom. The highest BCUT2D eigenvalue weighted by Crippen LogP contribution is 2.44. The topological polar surface area (TPSA) is 6.48 Å². The molecule has 0 aromatic heterocycles. The van der Waals surface area contributed by atoms with Crippen LogP contribution < -0.4 is 26.2 Å². The average molecular weight is 480 g/mol. The molecule has 2 heterocycles. The van der Waals surface area contributed by atoms with E-state index in [0.717, 1.165) is 39.6 Å². The molecule has 0 amide bonds. The zero-order valence-electron chi connectivity index (χ0n) is 21.2. The number of rotatable bonds is 2. The summed E-state index contributed by atoms with van der Waals surface area (Å²) in [5, 5.41) is 0. The van der Waals surface area contributed by atoms with Crippen LogP contribution in [0.25, 0.3) is 0 Å². The average Bonchev–Trinajstić information content (AvgIpc) is 2.88. The first-order chi connectivity index (χ1) is 18.0. The van der Waals surface area contributed by atoms with Gasteiger partial charge in [-0.05, 0) is 102 Å². The molecule has 0 atom stereocenters. The number of hydrogen-bond donors (Lipinski definition) is 0. The van der Waals surface area contributed by atoms with Crippen molar-refractivity contribution in [2.75, 3.05) is 9.80 Å². The molecule has 178 valence electrons. The Morgan fingerprint density at radius 2 is 1.05 bits per heavy atom. The van der Waals surface area contributed by atoms with Crippen LogP contribution in [0.4, 0.5) is 38.5 Å². The van der Waals surface area contributed by atoms with Gasteiger partial charge in [0.2, 0.25) is 0 Å². The van der Waals surface area contributed by atoms with Crippen LogP contribution in [0, 0.1) is 26.6 Å². The summed E-state index contributed by atoms with van der Waals surface area (Å²) in [6, 6.07) is 35.6. The van der Waals surface area contributed by atoms with Crippen LogP contribution in [0.5, 0.6) is 0 Å². The van der Waals surface area contributed by atoms with Crippen LogP contribution >= 0.6 is 0 Å². The van der Waals surface area contributed by atoms with E-state index in [1.807, 2.05) is 18.2 Å². The van der Waals surface area contributed by atoms with Crippen molar-refractivity contribution in [3.8, 4) is 0 Å². The number of nitrogens with zero attached hydrogens (tertiary/aromatic N) is 2. The molecule has 2 nitrogen and oxygen atoms in total. The fourth-order valence-electron chi connectivity index (χ4n) is 6.08. The monoisotopic (exact) mass is 480 g/mol. The van der Waals surface area contributed by atoms with E-state index in [1.54, 1.807) is 12.1 Å². The lowest BCUT2D eigenvalue weighted by Crippen LogP contribution is -2.61. The Bertz CT molecular complexity index is 1700. The second-order valence-corrected chi connectivity index (χ2v) is 10.3. The highest BCUT2D eigenvalue weighted by atomic mass is 19.1. The van der Waals surface area contributed by atoms with E-state index < -0.39 is 0 Å². The minimum absolute atomic E-state index is 0.0119. The molecule has 0 radical (unpaired) electrons. The molecule has 0 fully saturated rings. The summed E-state index contributed by atoms with van der Waals surface area (Å²) in [5.74, 6) is -0.238. The van der Waals surface area contributed by atoms with Crippen molar-refractivity contribution in [1.82, 2.24) is 0 Å². The van der Waals surface area contributed by atoms with Crippen molar-refractivity contribution in [1.29, 1.82) is 0 Å². The summed E-state index contributed by atoms with van der Waals surface area (Å²) in [5.41, 5.74) is 13.2. The Labute approximate surface area is 217 Å². The molecule has 4 heteroatoms. The second-order valence-electron chi connectivity index (χ2n) is 10.3. The quantitative estimate of drug-likeness (QED) is 0.250. The van der Waals surface area contributed by atoms with Gasteiger partial charge in [0.05, 0.1) is 0 Å². The maximum Gasteiger partial charge on any atom is 0.252 e. The molecule has 5 aromatic carbocycles. The number of para-hydroxylation sites is 1. The number of halogens is 1. The molecular weight excluding hydrogens is 454 g/mol. The molecular formula is C33H26BFN2. The third-order valence-corrected chi connectivity index (χ3v) is 7.62. The Hall–Kier alpha value is -4.31. The van der Waals surface area contributed by atoms with Gasteiger partial charge < -0.3 is 9.80 Å². The van der Waals surface area contributed by atoms with Gasteiger partial charge in [-0.1, -0.05) is 54.6 Å². The third-order valence-electron chi connectivity index (χ3n) is 7.62. The van der Waals surface area contributed by atoms with Crippen LogP contribution in [0.1, 0.15) is 16.7 Å². The maximum absolute atomic E-state index is 15.6. The standard InChI is InChI=1S/C33H26BFN2/c1-21-8-7-11-26(16-21)37-30-18-23(3)13-15-28(30)34-27-14-12-22(2)17-29(27)36(25-9-5-4-6-10-25)31-19-24(35)20-32(37)33(31)34/h4-20H,1-3H3. The lowest BCUT2D eigenvalue weighted by Gasteiger charge is -2.44. The summed E-state index contributed by atoms with van der Waals surface area (Å²) in [7, 11) is 0. The molecule has 0 spiro atoms.